The first-order chi connectivity index (χ1) is 13.7. The van der Waals surface area contributed by atoms with Gasteiger partial charge >= 0.3 is 0 Å². The number of hydrogen-bond acceptors (Lipinski definition) is 3. The van der Waals surface area contributed by atoms with E-state index in [9.17, 15) is 0 Å². The van der Waals surface area contributed by atoms with E-state index in [0.29, 0.717) is 6.04 Å². The van der Waals surface area contributed by atoms with E-state index in [0.717, 1.165) is 29.3 Å². The molecular formula is C25H27NOS. The number of aryl methyl sites for hydroxylation is 1. The third kappa shape index (κ3) is 1.72. The molecule has 1 aliphatic heterocycles. The van der Waals surface area contributed by atoms with E-state index in [1.54, 1.807) is 4.88 Å². The van der Waals surface area contributed by atoms with Gasteiger partial charge in [-0.1, -0.05) is 18.2 Å². The van der Waals surface area contributed by atoms with Crippen molar-refractivity contribution in [1.82, 2.24) is 0 Å². The fourth-order valence-electron chi connectivity index (χ4n) is 7.99. The Kier molecular flexibility index (Phi) is 3.01. The second-order valence-electron chi connectivity index (χ2n) is 9.92. The number of nitrogens with zero attached hydrogens (tertiary/aromatic N) is 1. The molecule has 0 amide bonds. The number of benzene rings is 1. The molecular weight excluding hydrogens is 362 g/mol. The van der Waals surface area contributed by atoms with Crippen LogP contribution in [0.3, 0.4) is 0 Å². The van der Waals surface area contributed by atoms with Gasteiger partial charge in [-0.25, -0.2) is 0 Å². The molecule has 1 unspecified atom stereocenters. The number of rotatable bonds is 1. The van der Waals surface area contributed by atoms with Gasteiger partial charge in [-0.3, -0.25) is 0 Å². The van der Waals surface area contributed by atoms with E-state index in [4.69, 9.17) is 4.42 Å². The highest BCUT2D eigenvalue weighted by Crippen LogP contribution is 2.70. The molecule has 8 rings (SSSR count). The van der Waals surface area contributed by atoms with Crippen LogP contribution in [0.25, 0.3) is 10.3 Å². The van der Waals surface area contributed by atoms with Crippen molar-refractivity contribution in [3.63, 3.8) is 0 Å². The SMILES string of the molecule is Cc1ccccc1N1C(C)c2c(sc3ccoc23)C12C1CC3CC(C1)CC2C3. The van der Waals surface area contributed by atoms with Crippen molar-refractivity contribution in [2.24, 2.45) is 23.7 Å². The minimum Gasteiger partial charge on any atom is -0.463 e. The second-order valence-corrected chi connectivity index (χ2v) is 11.0. The maximum absolute atomic E-state index is 6.06. The maximum atomic E-state index is 6.06. The van der Waals surface area contributed by atoms with E-state index >= 15 is 0 Å². The molecule has 4 saturated carbocycles. The smallest absolute Gasteiger partial charge is 0.150 e. The molecule has 0 N–H and O–H groups in total. The van der Waals surface area contributed by atoms with Gasteiger partial charge in [0.1, 0.15) is 5.58 Å². The molecule has 144 valence electrons. The predicted molar refractivity (Wildman–Crippen MR) is 115 cm³/mol. The molecule has 1 atom stereocenters. The molecule has 3 aromatic rings. The Balaban J connectivity index is 1.54. The lowest BCUT2D eigenvalue weighted by Gasteiger charge is -2.63. The molecule has 5 aliphatic rings. The standard InChI is InChI=1S/C25H27NOS/c1-14-5-3-4-6-20(14)26-15(2)22-23-21(7-8-27-23)28-24(22)25(26)18-10-16-9-17(12-18)13-19(25)11-16/h3-8,15-19H,9-13H2,1-2H3. The van der Waals surface area contributed by atoms with Crippen LogP contribution in [0.4, 0.5) is 5.69 Å². The van der Waals surface area contributed by atoms with E-state index in [2.05, 4.69) is 49.1 Å². The molecule has 1 spiro atoms. The molecule has 0 saturated heterocycles. The Bertz CT molecular complexity index is 1060. The number of anilines is 1. The Labute approximate surface area is 170 Å². The minimum atomic E-state index is 0.195. The predicted octanol–water partition coefficient (Wildman–Crippen LogP) is 7.04. The highest BCUT2D eigenvalue weighted by Gasteiger charge is 2.65. The summed E-state index contributed by atoms with van der Waals surface area (Å²) in [6, 6.07) is 11.6. The second kappa shape index (κ2) is 5.24. The summed E-state index contributed by atoms with van der Waals surface area (Å²) in [6.07, 6.45) is 9.11. The van der Waals surface area contributed by atoms with Gasteiger partial charge in [0, 0.05) is 16.1 Å². The normalized spacial score (nSPS) is 38.1. The monoisotopic (exact) mass is 389 g/mol. The summed E-state index contributed by atoms with van der Waals surface area (Å²) in [5, 5.41) is 0. The summed E-state index contributed by atoms with van der Waals surface area (Å²) in [6.45, 7) is 4.72. The Morgan fingerprint density at radius 3 is 2.43 bits per heavy atom. The van der Waals surface area contributed by atoms with E-state index in [-0.39, 0.29) is 5.54 Å². The summed E-state index contributed by atoms with van der Waals surface area (Å²) in [5.41, 5.74) is 5.72. The van der Waals surface area contributed by atoms with E-state index in [1.165, 1.54) is 53.6 Å². The van der Waals surface area contributed by atoms with Crippen molar-refractivity contribution in [3.8, 4) is 0 Å². The molecule has 1 aromatic carbocycles. The van der Waals surface area contributed by atoms with Crippen LogP contribution in [0.5, 0.6) is 0 Å². The first kappa shape index (κ1) is 16.1. The largest absolute Gasteiger partial charge is 0.463 e. The van der Waals surface area contributed by atoms with Crippen LogP contribution in [-0.2, 0) is 5.54 Å². The van der Waals surface area contributed by atoms with E-state index in [1.807, 2.05) is 17.6 Å². The summed E-state index contributed by atoms with van der Waals surface area (Å²) < 4.78 is 7.41. The van der Waals surface area contributed by atoms with Crippen molar-refractivity contribution in [2.75, 3.05) is 4.90 Å². The van der Waals surface area contributed by atoms with Gasteiger partial charge in [-0.2, -0.15) is 0 Å². The summed E-state index contributed by atoms with van der Waals surface area (Å²) in [7, 11) is 0. The highest BCUT2D eigenvalue weighted by atomic mass is 32.1. The van der Waals surface area contributed by atoms with Crippen molar-refractivity contribution >= 4 is 27.3 Å². The van der Waals surface area contributed by atoms with Gasteiger partial charge in [-0.15, -0.1) is 11.3 Å². The lowest BCUT2D eigenvalue weighted by atomic mass is 9.48. The maximum Gasteiger partial charge on any atom is 0.150 e. The third-order valence-electron chi connectivity index (χ3n) is 8.66. The number of fused-ring (bicyclic) bond motifs is 3. The van der Waals surface area contributed by atoms with Crippen molar-refractivity contribution < 1.29 is 4.42 Å². The number of hydrogen-bond donors (Lipinski definition) is 0. The average molecular weight is 390 g/mol. The van der Waals surface area contributed by atoms with Crippen LogP contribution in [0.1, 0.15) is 61.1 Å². The Hall–Kier alpha value is -1.74. The third-order valence-corrected chi connectivity index (χ3v) is 9.95. The summed E-state index contributed by atoms with van der Waals surface area (Å²) in [5.74, 6) is 3.56. The quantitative estimate of drug-likeness (QED) is 0.444. The molecule has 28 heavy (non-hydrogen) atoms. The van der Waals surface area contributed by atoms with E-state index < -0.39 is 0 Å². The zero-order valence-corrected chi connectivity index (χ0v) is 17.5. The molecule has 3 heteroatoms. The first-order valence-corrected chi connectivity index (χ1v) is 11.8. The summed E-state index contributed by atoms with van der Waals surface area (Å²) >= 11 is 2.04. The lowest BCUT2D eigenvalue weighted by molar-refractivity contribution is -0.0588. The molecule has 4 aliphatic carbocycles. The minimum absolute atomic E-state index is 0.195. The topological polar surface area (TPSA) is 16.4 Å². The number of para-hydroxylation sites is 1. The van der Waals surface area contributed by atoms with Gasteiger partial charge in [0.25, 0.3) is 0 Å². The van der Waals surface area contributed by atoms with Crippen molar-refractivity contribution in [3.05, 3.63) is 52.6 Å². The van der Waals surface area contributed by atoms with Gasteiger partial charge in [0.05, 0.1) is 22.5 Å². The molecule has 3 heterocycles. The Morgan fingerprint density at radius 2 is 1.71 bits per heavy atom. The first-order valence-electron chi connectivity index (χ1n) is 11.0. The van der Waals surface area contributed by atoms with Crippen molar-refractivity contribution in [1.29, 1.82) is 0 Å². The fraction of sp³-hybridized carbons (Fsp3) is 0.520. The van der Waals surface area contributed by atoms with Crippen LogP contribution in [0.15, 0.2) is 41.0 Å². The fourth-order valence-corrected chi connectivity index (χ4v) is 9.55. The van der Waals surface area contributed by atoms with Crippen LogP contribution in [0.2, 0.25) is 0 Å². The molecule has 0 radical (unpaired) electrons. The van der Waals surface area contributed by atoms with Gasteiger partial charge in [-0.05, 0) is 87.3 Å². The van der Waals surface area contributed by atoms with Crippen LogP contribution >= 0.6 is 11.3 Å². The molecule has 2 aromatic heterocycles. The average Bonchev–Trinajstić information content (AvgIpc) is 3.31. The zero-order valence-electron chi connectivity index (χ0n) is 16.7. The van der Waals surface area contributed by atoms with Gasteiger partial charge in [0.2, 0.25) is 0 Å². The molecule has 2 nitrogen and oxygen atoms in total. The van der Waals surface area contributed by atoms with Gasteiger partial charge in [0.15, 0.2) is 0 Å². The van der Waals surface area contributed by atoms with Crippen LogP contribution in [-0.4, -0.2) is 0 Å². The van der Waals surface area contributed by atoms with Crippen LogP contribution in [0, 0.1) is 30.6 Å². The van der Waals surface area contributed by atoms with Crippen LogP contribution < -0.4 is 4.90 Å². The Morgan fingerprint density at radius 1 is 1.00 bits per heavy atom. The van der Waals surface area contributed by atoms with Crippen molar-refractivity contribution in [2.45, 2.75) is 57.5 Å². The lowest BCUT2D eigenvalue weighted by Crippen LogP contribution is -2.62. The zero-order chi connectivity index (χ0) is 18.6. The molecule has 4 fully saturated rings. The summed E-state index contributed by atoms with van der Waals surface area (Å²) in [4.78, 5) is 4.53. The van der Waals surface area contributed by atoms with Gasteiger partial charge < -0.3 is 9.32 Å². The highest BCUT2D eigenvalue weighted by molar-refractivity contribution is 7.19. The number of thiophene rings is 1. The number of furan rings is 1. The molecule has 4 bridgehead atoms.